The second-order valence-corrected chi connectivity index (χ2v) is 5.77. The van der Waals surface area contributed by atoms with Crippen molar-refractivity contribution >= 4 is 6.03 Å². The molecule has 0 saturated carbocycles. The van der Waals surface area contributed by atoms with E-state index in [2.05, 4.69) is 5.32 Å². The van der Waals surface area contributed by atoms with Gasteiger partial charge in [-0.25, -0.2) is 4.79 Å². The van der Waals surface area contributed by atoms with E-state index in [9.17, 15) is 23.1 Å². The van der Waals surface area contributed by atoms with E-state index in [0.29, 0.717) is 0 Å². The largest absolute Gasteiger partial charge is 0.492 e. The van der Waals surface area contributed by atoms with Crippen molar-refractivity contribution in [3.63, 3.8) is 0 Å². The number of amides is 2. The second-order valence-electron chi connectivity index (χ2n) is 5.77. The van der Waals surface area contributed by atoms with Crippen LogP contribution in [0.1, 0.15) is 19.4 Å². The lowest BCUT2D eigenvalue weighted by molar-refractivity contribution is -0.137. The highest BCUT2D eigenvalue weighted by molar-refractivity contribution is 5.73. The number of halogens is 3. The smallest absolute Gasteiger partial charge is 0.416 e. The number of carbonyl (C=O) groups is 1. The van der Waals surface area contributed by atoms with Gasteiger partial charge in [-0.3, -0.25) is 0 Å². The van der Waals surface area contributed by atoms with Gasteiger partial charge in [-0.1, -0.05) is 6.07 Å². The lowest BCUT2D eigenvalue weighted by atomic mass is 10.1. The topological polar surface area (TPSA) is 61.8 Å². The van der Waals surface area contributed by atoms with Gasteiger partial charge in [0.15, 0.2) is 0 Å². The summed E-state index contributed by atoms with van der Waals surface area (Å²) in [4.78, 5) is 13.0. The first-order chi connectivity index (χ1) is 10.5. The Hall–Kier alpha value is -1.96. The van der Waals surface area contributed by atoms with Crippen molar-refractivity contribution in [1.29, 1.82) is 0 Å². The molecule has 2 amide bonds. The molecular weight excluding hydrogens is 313 g/mol. The van der Waals surface area contributed by atoms with Gasteiger partial charge in [0.2, 0.25) is 0 Å². The molecule has 23 heavy (non-hydrogen) atoms. The summed E-state index contributed by atoms with van der Waals surface area (Å²) in [6.45, 7) is 3.46. The number of benzene rings is 1. The Bertz CT molecular complexity index is 527. The zero-order valence-corrected chi connectivity index (χ0v) is 13.3. The van der Waals surface area contributed by atoms with E-state index in [0.717, 1.165) is 12.1 Å². The van der Waals surface area contributed by atoms with E-state index < -0.39 is 23.4 Å². The van der Waals surface area contributed by atoms with Crippen molar-refractivity contribution in [3.05, 3.63) is 29.8 Å². The lowest BCUT2D eigenvalue weighted by Crippen LogP contribution is -2.45. The molecule has 5 nitrogen and oxygen atoms in total. The van der Waals surface area contributed by atoms with Crippen molar-refractivity contribution in [2.45, 2.75) is 25.6 Å². The maximum atomic E-state index is 12.5. The van der Waals surface area contributed by atoms with Crippen LogP contribution in [0, 0.1) is 0 Å². The average Bonchev–Trinajstić information content (AvgIpc) is 2.41. The second kappa shape index (κ2) is 7.54. The number of aliphatic hydroxyl groups is 1. The predicted octanol–water partition coefficient (Wildman–Crippen LogP) is 2.50. The third-order valence-corrected chi connectivity index (χ3v) is 2.78. The number of nitrogens with one attached hydrogen (secondary N) is 1. The number of rotatable bonds is 6. The molecule has 0 saturated heterocycles. The Morgan fingerprint density at radius 3 is 2.57 bits per heavy atom. The number of urea groups is 1. The molecule has 0 aliphatic carbocycles. The van der Waals surface area contributed by atoms with Gasteiger partial charge in [0.05, 0.1) is 24.3 Å². The molecular formula is C15H21F3N2O3. The number of ether oxygens (including phenoxy) is 1. The molecule has 0 fully saturated rings. The maximum Gasteiger partial charge on any atom is 0.416 e. The van der Waals surface area contributed by atoms with E-state index >= 15 is 0 Å². The molecule has 8 heteroatoms. The number of hydrogen-bond acceptors (Lipinski definition) is 3. The minimum absolute atomic E-state index is 0.0312. The Labute approximate surface area is 133 Å². The Morgan fingerprint density at radius 2 is 2.00 bits per heavy atom. The van der Waals surface area contributed by atoms with Crippen LogP contribution in [0.5, 0.6) is 5.75 Å². The molecule has 130 valence electrons. The molecule has 0 heterocycles. The highest BCUT2D eigenvalue weighted by Crippen LogP contribution is 2.31. The van der Waals surface area contributed by atoms with Crippen LogP contribution in [0.3, 0.4) is 0 Å². The molecule has 2 N–H and O–H groups in total. The van der Waals surface area contributed by atoms with Gasteiger partial charge in [-0.15, -0.1) is 0 Å². The van der Waals surface area contributed by atoms with E-state index in [4.69, 9.17) is 4.74 Å². The summed E-state index contributed by atoms with van der Waals surface area (Å²) < 4.78 is 42.8. The highest BCUT2D eigenvalue weighted by Gasteiger charge is 2.30. The van der Waals surface area contributed by atoms with Crippen LogP contribution in [0.25, 0.3) is 0 Å². The summed E-state index contributed by atoms with van der Waals surface area (Å²) in [7, 11) is 1.53. The number of hydrogen-bond donors (Lipinski definition) is 2. The van der Waals surface area contributed by atoms with E-state index in [1.807, 2.05) is 0 Å². The molecule has 0 atom stereocenters. The standard InChI is InChI=1S/C15H21F3N2O3/c1-14(2,22)10-20(3)13(21)19-7-8-23-12-6-4-5-11(9-12)15(16,17)18/h4-6,9,22H,7-8,10H2,1-3H3,(H,19,21). The predicted molar refractivity (Wildman–Crippen MR) is 79.3 cm³/mol. The molecule has 1 aromatic rings. The SMILES string of the molecule is CN(CC(C)(C)O)C(=O)NCCOc1cccc(C(F)(F)F)c1. The third kappa shape index (κ3) is 7.23. The van der Waals surface area contributed by atoms with Gasteiger partial charge in [-0.05, 0) is 32.0 Å². The third-order valence-electron chi connectivity index (χ3n) is 2.78. The quantitative estimate of drug-likeness (QED) is 0.786. The first-order valence-corrected chi connectivity index (χ1v) is 7.00. The van der Waals surface area contributed by atoms with Gasteiger partial charge in [0.1, 0.15) is 12.4 Å². The van der Waals surface area contributed by atoms with Gasteiger partial charge >= 0.3 is 12.2 Å². The van der Waals surface area contributed by atoms with E-state index in [1.54, 1.807) is 13.8 Å². The fourth-order valence-electron chi connectivity index (χ4n) is 1.88. The van der Waals surface area contributed by atoms with Crippen molar-refractivity contribution in [2.24, 2.45) is 0 Å². The Balaban J connectivity index is 2.39. The average molecular weight is 334 g/mol. The van der Waals surface area contributed by atoms with E-state index in [1.165, 1.54) is 24.1 Å². The van der Waals surface area contributed by atoms with Crippen molar-refractivity contribution in [3.8, 4) is 5.75 Å². The molecule has 0 aliphatic rings. The Kier molecular flexibility index (Phi) is 6.26. The van der Waals surface area contributed by atoms with Gasteiger partial charge in [-0.2, -0.15) is 13.2 Å². The van der Waals surface area contributed by atoms with Gasteiger partial charge < -0.3 is 20.1 Å². The summed E-state index contributed by atoms with van der Waals surface area (Å²) in [6.07, 6.45) is -4.42. The number of likely N-dealkylation sites (N-methyl/N-ethyl adjacent to an activating group) is 1. The molecule has 0 spiro atoms. The van der Waals surface area contributed by atoms with Crippen LogP contribution in [-0.2, 0) is 6.18 Å². The fourth-order valence-corrected chi connectivity index (χ4v) is 1.88. The van der Waals surface area contributed by atoms with E-state index in [-0.39, 0.29) is 25.4 Å². The number of nitrogens with zero attached hydrogens (tertiary/aromatic N) is 1. The first-order valence-electron chi connectivity index (χ1n) is 7.00. The summed E-state index contributed by atoms with van der Waals surface area (Å²) in [6, 6.07) is 4.13. The van der Waals surface area contributed by atoms with Crippen LogP contribution in [0.15, 0.2) is 24.3 Å². The van der Waals surface area contributed by atoms with Crippen LogP contribution < -0.4 is 10.1 Å². The summed E-state index contributed by atoms with van der Waals surface area (Å²) >= 11 is 0. The Morgan fingerprint density at radius 1 is 1.35 bits per heavy atom. The highest BCUT2D eigenvalue weighted by atomic mass is 19.4. The summed E-state index contributed by atoms with van der Waals surface area (Å²) in [5, 5.41) is 12.2. The normalized spacial score (nSPS) is 12.0. The van der Waals surface area contributed by atoms with Crippen molar-refractivity contribution in [1.82, 2.24) is 10.2 Å². The number of alkyl halides is 3. The molecule has 1 rings (SSSR count). The zero-order chi connectivity index (χ0) is 17.7. The number of carbonyl (C=O) groups excluding carboxylic acids is 1. The summed E-state index contributed by atoms with van der Waals surface area (Å²) in [5.74, 6) is 0.0823. The van der Waals surface area contributed by atoms with Crippen LogP contribution in [0.4, 0.5) is 18.0 Å². The minimum atomic E-state index is -4.42. The minimum Gasteiger partial charge on any atom is -0.492 e. The molecule has 0 aliphatic heterocycles. The molecule has 0 aromatic heterocycles. The monoisotopic (exact) mass is 334 g/mol. The molecule has 1 aromatic carbocycles. The van der Waals surface area contributed by atoms with Crippen molar-refractivity contribution < 1.29 is 27.8 Å². The van der Waals surface area contributed by atoms with Crippen LogP contribution in [0.2, 0.25) is 0 Å². The lowest BCUT2D eigenvalue weighted by Gasteiger charge is -2.25. The maximum absolute atomic E-state index is 12.5. The molecule has 0 radical (unpaired) electrons. The fraction of sp³-hybridized carbons (Fsp3) is 0.533. The molecule has 0 bridgehead atoms. The zero-order valence-electron chi connectivity index (χ0n) is 13.3. The molecule has 0 unspecified atom stereocenters. The first kappa shape index (κ1) is 19.1. The van der Waals surface area contributed by atoms with Gasteiger partial charge in [0, 0.05) is 7.05 Å². The summed E-state index contributed by atoms with van der Waals surface area (Å²) in [5.41, 5.74) is -1.80. The van der Waals surface area contributed by atoms with Crippen molar-refractivity contribution in [2.75, 3.05) is 26.7 Å². The van der Waals surface area contributed by atoms with Gasteiger partial charge in [0.25, 0.3) is 0 Å². The van der Waals surface area contributed by atoms with Crippen LogP contribution >= 0.6 is 0 Å². The van der Waals surface area contributed by atoms with Crippen LogP contribution in [-0.4, -0.2) is 48.4 Å².